The molecule has 0 saturated heterocycles. The fraction of sp³-hybridized carbons (Fsp3) is 0.417. The average molecular weight is 410 g/mol. The summed E-state index contributed by atoms with van der Waals surface area (Å²) < 4.78 is 13.4. The molecule has 1 amide bonds. The van der Waals surface area contributed by atoms with E-state index >= 15 is 0 Å². The van der Waals surface area contributed by atoms with Gasteiger partial charge in [-0.15, -0.1) is 0 Å². The fourth-order valence-corrected chi connectivity index (χ4v) is 5.29. The van der Waals surface area contributed by atoms with E-state index in [4.69, 9.17) is 5.11 Å². The lowest BCUT2D eigenvalue weighted by Crippen LogP contribution is -2.40. The molecule has 30 heavy (non-hydrogen) atoms. The fourth-order valence-electron chi connectivity index (χ4n) is 5.29. The lowest BCUT2D eigenvalue weighted by molar-refractivity contribution is 0.0292. The van der Waals surface area contributed by atoms with Crippen molar-refractivity contribution in [1.29, 1.82) is 0 Å². The van der Waals surface area contributed by atoms with E-state index in [0.717, 1.165) is 42.5 Å². The molecule has 0 aliphatic heterocycles. The third-order valence-electron chi connectivity index (χ3n) is 6.65. The standard InChI is InChI=1S/C24H27FN2O3/c1-24(30)13-16-5-8-20(27-23(28)29)12-21(16)22(24)10-9-19-7-6-17(14-26-19)15-3-2-4-18(25)11-15/h2-4,6-7,9-11,14,16,20-22,27,30H,5,8,12-13H2,1H3,(H,28,29)/b10-9+/t16-,20?,21+,22-,24?/m0/s1. The summed E-state index contributed by atoms with van der Waals surface area (Å²) in [4.78, 5) is 15.5. The largest absolute Gasteiger partial charge is 0.465 e. The number of hydrogen-bond acceptors (Lipinski definition) is 3. The summed E-state index contributed by atoms with van der Waals surface area (Å²) >= 11 is 0. The van der Waals surface area contributed by atoms with Crippen molar-refractivity contribution in [2.75, 3.05) is 0 Å². The summed E-state index contributed by atoms with van der Waals surface area (Å²) in [6.45, 7) is 1.88. The molecular weight excluding hydrogens is 383 g/mol. The van der Waals surface area contributed by atoms with E-state index in [0.29, 0.717) is 5.92 Å². The van der Waals surface area contributed by atoms with Crippen LogP contribution in [0.1, 0.15) is 38.3 Å². The maximum Gasteiger partial charge on any atom is 0.404 e. The van der Waals surface area contributed by atoms with Crippen LogP contribution in [0.2, 0.25) is 0 Å². The Kier molecular flexibility index (Phi) is 5.60. The Morgan fingerprint density at radius 3 is 2.80 bits per heavy atom. The van der Waals surface area contributed by atoms with Gasteiger partial charge in [-0.05, 0) is 74.3 Å². The minimum atomic E-state index is -0.988. The van der Waals surface area contributed by atoms with Gasteiger partial charge in [-0.25, -0.2) is 9.18 Å². The van der Waals surface area contributed by atoms with E-state index in [2.05, 4.69) is 10.3 Å². The number of aromatic nitrogens is 1. The molecule has 2 aliphatic carbocycles. The first-order valence-corrected chi connectivity index (χ1v) is 10.4. The maximum absolute atomic E-state index is 13.4. The van der Waals surface area contributed by atoms with Gasteiger partial charge < -0.3 is 15.5 Å². The normalized spacial score (nSPS) is 30.9. The first-order valence-electron chi connectivity index (χ1n) is 10.4. The van der Waals surface area contributed by atoms with Gasteiger partial charge in [0, 0.05) is 23.7 Å². The van der Waals surface area contributed by atoms with E-state index in [9.17, 15) is 14.3 Å². The monoisotopic (exact) mass is 410 g/mol. The van der Waals surface area contributed by atoms with Gasteiger partial charge in [-0.2, -0.15) is 0 Å². The predicted molar refractivity (Wildman–Crippen MR) is 113 cm³/mol. The van der Waals surface area contributed by atoms with E-state index in [1.807, 2.05) is 37.3 Å². The van der Waals surface area contributed by atoms with Gasteiger partial charge in [0.25, 0.3) is 0 Å². The summed E-state index contributed by atoms with van der Waals surface area (Å²) in [5.41, 5.74) is 1.57. The van der Waals surface area contributed by atoms with Crippen molar-refractivity contribution in [2.24, 2.45) is 17.8 Å². The smallest absolute Gasteiger partial charge is 0.404 e. The van der Waals surface area contributed by atoms with Crippen molar-refractivity contribution in [3.63, 3.8) is 0 Å². The molecule has 158 valence electrons. The second-order valence-corrected chi connectivity index (χ2v) is 8.81. The number of carboxylic acid groups (broad SMARTS) is 1. The number of carbonyl (C=O) groups is 1. The molecule has 2 aromatic rings. The first-order chi connectivity index (χ1) is 14.3. The minimum Gasteiger partial charge on any atom is -0.465 e. The van der Waals surface area contributed by atoms with Gasteiger partial charge in [-0.3, -0.25) is 4.98 Å². The lowest BCUT2D eigenvalue weighted by atomic mass is 9.75. The molecule has 0 radical (unpaired) electrons. The summed E-state index contributed by atoms with van der Waals surface area (Å²) in [7, 11) is 0. The molecule has 5 atom stereocenters. The van der Waals surface area contributed by atoms with Crippen molar-refractivity contribution in [1.82, 2.24) is 10.3 Å². The molecule has 1 aromatic carbocycles. The first kappa shape index (κ1) is 20.5. The molecule has 6 heteroatoms. The Bertz CT molecular complexity index is 942. The molecule has 2 saturated carbocycles. The number of halogens is 1. The minimum absolute atomic E-state index is 0.0504. The van der Waals surface area contributed by atoms with Crippen LogP contribution in [0.4, 0.5) is 9.18 Å². The van der Waals surface area contributed by atoms with Crippen LogP contribution < -0.4 is 5.32 Å². The third kappa shape index (κ3) is 4.38. The molecule has 4 rings (SSSR count). The Morgan fingerprint density at radius 2 is 2.10 bits per heavy atom. The highest BCUT2D eigenvalue weighted by atomic mass is 19.1. The van der Waals surface area contributed by atoms with Crippen LogP contribution in [-0.4, -0.2) is 32.9 Å². The highest BCUT2D eigenvalue weighted by Crippen LogP contribution is 2.51. The predicted octanol–water partition coefficient (Wildman–Crippen LogP) is 4.72. The summed E-state index contributed by atoms with van der Waals surface area (Å²) in [5, 5.41) is 22.7. The number of aliphatic hydroxyl groups is 1. The molecule has 2 fully saturated rings. The van der Waals surface area contributed by atoms with E-state index in [1.165, 1.54) is 12.1 Å². The molecule has 2 unspecified atom stereocenters. The number of fused-ring (bicyclic) bond motifs is 1. The van der Waals surface area contributed by atoms with Gasteiger partial charge in [0.2, 0.25) is 0 Å². The number of benzene rings is 1. The lowest BCUT2D eigenvalue weighted by Gasteiger charge is -2.34. The third-order valence-corrected chi connectivity index (χ3v) is 6.65. The molecular formula is C24H27FN2O3. The number of nitrogens with zero attached hydrogens (tertiary/aromatic N) is 1. The van der Waals surface area contributed by atoms with Crippen LogP contribution in [0.15, 0.2) is 48.7 Å². The highest BCUT2D eigenvalue weighted by molar-refractivity contribution is 5.65. The van der Waals surface area contributed by atoms with Gasteiger partial charge >= 0.3 is 6.09 Å². The molecule has 3 N–H and O–H groups in total. The SMILES string of the molecule is CC1(O)C[C@@H]2CCC(NC(=O)O)C[C@H]2[C@@H]1/C=C/c1ccc(-c2cccc(F)c2)cn1. The molecule has 0 spiro atoms. The van der Waals surface area contributed by atoms with E-state index in [1.54, 1.807) is 12.3 Å². The molecule has 1 aromatic heterocycles. The molecule has 5 nitrogen and oxygen atoms in total. The van der Waals surface area contributed by atoms with Crippen LogP contribution in [0, 0.1) is 23.6 Å². The Morgan fingerprint density at radius 1 is 1.27 bits per heavy atom. The van der Waals surface area contributed by atoms with Crippen molar-refractivity contribution in [2.45, 2.75) is 44.2 Å². The van der Waals surface area contributed by atoms with Crippen molar-refractivity contribution in [3.8, 4) is 11.1 Å². The maximum atomic E-state index is 13.4. The van der Waals surface area contributed by atoms with E-state index in [-0.39, 0.29) is 23.7 Å². The Labute approximate surface area is 175 Å². The Hall–Kier alpha value is -2.73. The zero-order valence-corrected chi connectivity index (χ0v) is 17.0. The molecule has 1 heterocycles. The van der Waals surface area contributed by atoms with Crippen molar-refractivity contribution in [3.05, 3.63) is 60.2 Å². The van der Waals surface area contributed by atoms with Crippen molar-refractivity contribution >= 4 is 12.2 Å². The Balaban J connectivity index is 1.49. The number of amides is 1. The second kappa shape index (κ2) is 8.19. The van der Waals surface area contributed by atoms with Gasteiger partial charge in [0.1, 0.15) is 5.82 Å². The number of rotatable bonds is 4. The summed E-state index contributed by atoms with van der Waals surface area (Å²) in [6, 6.07) is 10.1. The van der Waals surface area contributed by atoms with Crippen LogP contribution in [0.3, 0.4) is 0 Å². The zero-order valence-electron chi connectivity index (χ0n) is 17.0. The zero-order chi connectivity index (χ0) is 21.3. The second-order valence-electron chi connectivity index (χ2n) is 8.81. The number of hydrogen-bond donors (Lipinski definition) is 3. The van der Waals surface area contributed by atoms with Crippen LogP contribution >= 0.6 is 0 Å². The van der Waals surface area contributed by atoms with Gasteiger partial charge in [0.15, 0.2) is 0 Å². The van der Waals surface area contributed by atoms with Crippen LogP contribution in [0.5, 0.6) is 0 Å². The van der Waals surface area contributed by atoms with Gasteiger partial charge in [0.05, 0.1) is 11.3 Å². The van der Waals surface area contributed by atoms with Crippen molar-refractivity contribution < 1.29 is 19.4 Å². The summed E-state index contributed by atoms with van der Waals surface area (Å²) in [5.74, 6) is 0.321. The van der Waals surface area contributed by atoms with Gasteiger partial charge in [-0.1, -0.05) is 24.3 Å². The average Bonchev–Trinajstić information content (AvgIpc) is 2.95. The number of pyridine rings is 1. The van der Waals surface area contributed by atoms with E-state index < -0.39 is 11.7 Å². The van der Waals surface area contributed by atoms with Crippen LogP contribution in [0.25, 0.3) is 17.2 Å². The number of nitrogens with one attached hydrogen (secondary N) is 1. The summed E-state index contributed by atoms with van der Waals surface area (Å²) in [6.07, 6.45) is 7.91. The highest BCUT2D eigenvalue weighted by Gasteiger charge is 2.50. The molecule has 2 aliphatic rings. The molecule has 0 bridgehead atoms. The topological polar surface area (TPSA) is 82.5 Å². The quantitative estimate of drug-likeness (QED) is 0.681. The van der Waals surface area contributed by atoms with Crippen LogP contribution in [-0.2, 0) is 0 Å².